The fraction of sp³-hybridized carbons (Fsp3) is 0.333. The van der Waals surface area contributed by atoms with Crippen molar-refractivity contribution >= 4 is 5.97 Å². The second kappa shape index (κ2) is 7.24. The maximum absolute atomic E-state index is 11.0. The molecule has 0 aliphatic carbocycles. The van der Waals surface area contributed by atoms with Crippen LogP contribution < -0.4 is 10.1 Å². The standard InChI is InChI=1S/C18H22N2O3/c1-18(2,3)23-16-9-5-8-15(20-16)12-19-11-13-6-4-7-14(10-13)17(21)22/h4-10,19H,11-12H2,1-3H3,(H,21,22). The second-order valence-electron chi connectivity index (χ2n) is 6.29. The molecule has 0 radical (unpaired) electrons. The molecule has 0 amide bonds. The lowest BCUT2D eigenvalue weighted by molar-refractivity contribution is 0.0696. The molecule has 0 saturated heterocycles. The molecule has 0 fully saturated rings. The van der Waals surface area contributed by atoms with E-state index in [9.17, 15) is 4.79 Å². The van der Waals surface area contributed by atoms with E-state index in [0.29, 0.717) is 24.5 Å². The number of aromatic carboxylic acids is 1. The summed E-state index contributed by atoms with van der Waals surface area (Å²) >= 11 is 0. The lowest BCUT2D eigenvalue weighted by Gasteiger charge is -2.20. The summed E-state index contributed by atoms with van der Waals surface area (Å²) in [4.78, 5) is 15.4. The van der Waals surface area contributed by atoms with Crippen molar-refractivity contribution < 1.29 is 14.6 Å². The van der Waals surface area contributed by atoms with Crippen molar-refractivity contribution in [1.82, 2.24) is 10.3 Å². The summed E-state index contributed by atoms with van der Waals surface area (Å²) in [5.41, 5.74) is 1.81. The Labute approximate surface area is 136 Å². The van der Waals surface area contributed by atoms with Gasteiger partial charge in [-0.05, 0) is 44.5 Å². The van der Waals surface area contributed by atoms with Gasteiger partial charge in [0.15, 0.2) is 0 Å². The highest BCUT2D eigenvalue weighted by Crippen LogP contribution is 2.15. The van der Waals surface area contributed by atoms with Crippen LogP contribution >= 0.6 is 0 Å². The molecule has 1 aromatic carbocycles. The molecule has 23 heavy (non-hydrogen) atoms. The topological polar surface area (TPSA) is 71.5 Å². The minimum Gasteiger partial charge on any atom is -0.478 e. The molecule has 122 valence electrons. The third-order valence-corrected chi connectivity index (χ3v) is 3.00. The molecule has 2 N–H and O–H groups in total. The predicted octanol–water partition coefficient (Wildman–Crippen LogP) is 3.25. The Morgan fingerprint density at radius 2 is 1.91 bits per heavy atom. The summed E-state index contributed by atoms with van der Waals surface area (Å²) in [5.74, 6) is -0.315. The molecule has 0 spiro atoms. The van der Waals surface area contributed by atoms with Crippen LogP contribution in [-0.2, 0) is 13.1 Å². The van der Waals surface area contributed by atoms with Crippen LogP contribution in [0.3, 0.4) is 0 Å². The lowest BCUT2D eigenvalue weighted by Crippen LogP contribution is -2.24. The van der Waals surface area contributed by atoms with Crippen molar-refractivity contribution in [2.24, 2.45) is 0 Å². The molecule has 5 heteroatoms. The first-order valence-electron chi connectivity index (χ1n) is 7.51. The van der Waals surface area contributed by atoms with Crippen LogP contribution in [0.4, 0.5) is 0 Å². The van der Waals surface area contributed by atoms with Gasteiger partial charge in [0.2, 0.25) is 5.88 Å². The third-order valence-electron chi connectivity index (χ3n) is 3.00. The van der Waals surface area contributed by atoms with Gasteiger partial charge < -0.3 is 15.2 Å². The summed E-state index contributed by atoms with van der Waals surface area (Å²) < 4.78 is 5.74. The van der Waals surface area contributed by atoms with Gasteiger partial charge in [0.1, 0.15) is 5.60 Å². The highest BCUT2D eigenvalue weighted by molar-refractivity contribution is 5.87. The highest BCUT2D eigenvalue weighted by Gasteiger charge is 2.12. The minimum atomic E-state index is -0.916. The Bertz CT molecular complexity index is 678. The van der Waals surface area contributed by atoms with Crippen molar-refractivity contribution in [3.8, 4) is 5.88 Å². The molecule has 0 unspecified atom stereocenters. The largest absolute Gasteiger partial charge is 0.478 e. The van der Waals surface area contributed by atoms with Crippen molar-refractivity contribution in [2.75, 3.05) is 0 Å². The summed E-state index contributed by atoms with van der Waals surface area (Å²) in [5, 5.41) is 12.3. The van der Waals surface area contributed by atoms with Gasteiger partial charge in [-0.1, -0.05) is 18.2 Å². The van der Waals surface area contributed by atoms with E-state index < -0.39 is 5.97 Å². The van der Waals surface area contributed by atoms with E-state index in [1.807, 2.05) is 45.0 Å². The van der Waals surface area contributed by atoms with Crippen LogP contribution in [0.2, 0.25) is 0 Å². The van der Waals surface area contributed by atoms with E-state index >= 15 is 0 Å². The number of nitrogens with zero attached hydrogens (tertiary/aromatic N) is 1. The number of hydrogen-bond acceptors (Lipinski definition) is 4. The number of carboxylic acids is 1. The molecule has 0 atom stereocenters. The van der Waals surface area contributed by atoms with Gasteiger partial charge in [-0.25, -0.2) is 9.78 Å². The monoisotopic (exact) mass is 314 g/mol. The number of pyridine rings is 1. The Hall–Kier alpha value is -2.40. The van der Waals surface area contributed by atoms with E-state index in [-0.39, 0.29) is 5.60 Å². The van der Waals surface area contributed by atoms with Gasteiger partial charge in [0, 0.05) is 19.2 Å². The predicted molar refractivity (Wildman–Crippen MR) is 88.6 cm³/mol. The molecular weight excluding hydrogens is 292 g/mol. The van der Waals surface area contributed by atoms with Gasteiger partial charge in [0.05, 0.1) is 11.3 Å². The smallest absolute Gasteiger partial charge is 0.335 e. The number of benzene rings is 1. The molecule has 1 aromatic heterocycles. The zero-order chi connectivity index (χ0) is 16.9. The average molecular weight is 314 g/mol. The Kier molecular flexibility index (Phi) is 5.34. The van der Waals surface area contributed by atoms with Crippen LogP contribution in [0.5, 0.6) is 5.88 Å². The SMILES string of the molecule is CC(C)(C)Oc1cccc(CNCc2cccc(C(=O)O)c2)n1. The number of carboxylic acid groups (broad SMARTS) is 1. The summed E-state index contributed by atoms with van der Waals surface area (Å²) in [6.45, 7) is 7.10. The maximum atomic E-state index is 11.0. The summed E-state index contributed by atoms with van der Waals surface area (Å²) in [6.07, 6.45) is 0. The zero-order valence-corrected chi connectivity index (χ0v) is 13.7. The van der Waals surface area contributed by atoms with Crippen LogP contribution in [0, 0.1) is 0 Å². The van der Waals surface area contributed by atoms with Gasteiger partial charge in [-0.2, -0.15) is 0 Å². The first-order valence-corrected chi connectivity index (χ1v) is 7.51. The number of nitrogens with one attached hydrogen (secondary N) is 1. The maximum Gasteiger partial charge on any atom is 0.335 e. The number of carbonyl (C=O) groups is 1. The van der Waals surface area contributed by atoms with Gasteiger partial charge in [0.25, 0.3) is 0 Å². The van der Waals surface area contributed by atoms with E-state index in [1.54, 1.807) is 18.2 Å². The first kappa shape index (κ1) is 17.0. The average Bonchev–Trinajstić information content (AvgIpc) is 2.46. The molecule has 0 aliphatic rings. The lowest BCUT2D eigenvalue weighted by atomic mass is 10.1. The summed E-state index contributed by atoms with van der Waals surface area (Å²) in [6, 6.07) is 12.6. The van der Waals surface area contributed by atoms with E-state index in [1.165, 1.54) is 0 Å². The highest BCUT2D eigenvalue weighted by atomic mass is 16.5. The molecule has 2 aromatic rings. The molecule has 5 nitrogen and oxygen atoms in total. The van der Waals surface area contributed by atoms with Gasteiger partial charge >= 0.3 is 5.97 Å². The van der Waals surface area contributed by atoms with Gasteiger partial charge in [-0.15, -0.1) is 0 Å². The van der Waals surface area contributed by atoms with Crippen molar-refractivity contribution in [2.45, 2.75) is 39.5 Å². The zero-order valence-electron chi connectivity index (χ0n) is 13.7. The molecule has 0 saturated carbocycles. The Balaban J connectivity index is 1.92. The van der Waals surface area contributed by atoms with Crippen LogP contribution in [0.25, 0.3) is 0 Å². The normalized spacial score (nSPS) is 11.3. The van der Waals surface area contributed by atoms with Crippen LogP contribution in [0.15, 0.2) is 42.5 Å². The van der Waals surface area contributed by atoms with Crippen LogP contribution in [0.1, 0.15) is 42.4 Å². The molecule has 1 heterocycles. The van der Waals surface area contributed by atoms with Gasteiger partial charge in [-0.3, -0.25) is 0 Å². The number of rotatable bonds is 6. The Morgan fingerprint density at radius 3 is 2.61 bits per heavy atom. The first-order chi connectivity index (χ1) is 10.8. The number of hydrogen-bond donors (Lipinski definition) is 2. The van der Waals surface area contributed by atoms with Crippen LogP contribution in [-0.4, -0.2) is 21.7 Å². The fourth-order valence-corrected chi connectivity index (χ4v) is 2.08. The summed E-state index contributed by atoms with van der Waals surface area (Å²) in [7, 11) is 0. The second-order valence-corrected chi connectivity index (χ2v) is 6.29. The molecule has 0 aliphatic heterocycles. The molecule has 2 rings (SSSR count). The fourth-order valence-electron chi connectivity index (χ4n) is 2.08. The van der Waals surface area contributed by atoms with E-state index in [4.69, 9.17) is 9.84 Å². The number of aromatic nitrogens is 1. The van der Waals surface area contributed by atoms with E-state index in [2.05, 4.69) is 10.3 Å². The molecular formula is C18H22N2O3. The quantitative estimate of drug-likeness (QED) is 0.856. The van der Waals surface area contributed by atoms with Crippen molar-refractivity contribution in [1.29, 1.82) is 0 Å². The minimum absolute atomic E-state index is 0.281. The number of ether oxygens (including phenoxy) is 1. The van der Waals surface area contributed by atoms with Crippen molar-refractivity contribution in [3.05, 3.63) is 59.3 Å². The van der Waals surface area contributed by atoms with Crippen molar-refractivity contribution in [3.63, 3.8) is 0 Å². The Morgan fingerprint density at radius 1 is 1.17 bits per heavy atom. The van der Waals surface area contributed by atoms with E-state index in [0.717, 1.165) is 11.3 Å². The third kappa shape index (κ3) is 5.71. The molecule has 0 bridgehead atoms.